The molecule has 0 spiro atoms. The quantitative estimate of drug-likeness (QED) is 0.724. The second-order valence-electron chi connectivity index (χ2n) is 5.78. The van der Waals surface area contributed by atoms with E-state index < -0.39 is 0 Å². The first-order valence-corrected chi connectivity index (χ1v) is 8.50. The van der Waals surface area contributed by atoms with Crippen LogP contribution in [0.5, 0.6) is 0 Å². The number of carbonyl (C=O) groups excluding carboxylic acids is 1. The minimum absolute atomic E-state index is 0.0396. The van der Waals surface area contributed by atoms with Crippen LogP contribution in [0, 0.1) is 20.8 Å². The van der Waals surface area contributed by atoms with E-state index in [0.29, 0.717) is 12.1 Å². The van der Waals surface area contributed by atoms with Crippen LogP contribution in [0.1, 0.15) is 32.1 Å². The van der Waals surface area contributed by atoms with Crippen molar-refractivity contribution in [2.45, 2.75) is 27.3 Å². The lowest BCUT2D eigenvalue weighted by atomic mass is 10.0. The van der Waals surface area contributed by atoms with Crippen LogP contribution < -0.4 is 5.32 Å². The van der Waals surface area contributed by atoms with E-state index in [1.165, 1.54) is 11.1 Å². The van der Waals surface area contributed by atoms with Crippen molar-refractivity contribution in [3.8, 4) is 11.3 Å². The van der Waals surface area contributed by atoms with E-state index in [1.54, 1.807) is 11.3 Å². The van der Waals surface area contributed by atoms with E-state index in [0.717, 1.165) is 21.8 Å². The number of thiophene rings is 1. The van der Waals surface area contributed by atoms with Crippen LogP contribution in [0.3, 0.4) is 0 Å². The van der Waals surface area contributed by atoms with Gasteiger partial charge in [0.1, 0.15) is 0 Å². The number of amides is 1. The number of nitrogens with one attached hydrogen (secondary N) is 2. The van der Waals surface area contributed by atoms with E-state index in [4.69, 9.17) is 0 Å². The molecular formula is C19H20N2OS. The molecule has 0 radical (unpaired) electrons. The third-order valence-electron chi connectivity index (χ3n) is 4.08. The maximum absolute atomic E-state index is 12.4. The van der Waals surface area contributed by atoms with Gasteiger partial charge in [-0.3, -0.25) is 4.79 Å². The van der Waals surface area contributed by atoms with Crippen molar-refractivity contribution >= 4 is 17.2 Å². The third kappa shape index (κ3) is 3.37. The summed E-state index contributed by atoms with van der Waals surface area (Å²) in [7, 11) is 0. The molecule has 0 saturated heterocycles. The maximum Gasteiger partial charge on any atom is 0.253 e. The van der Waals surface area contributed by atoms with Gasteiger partial charge in [0.05, 0.1) is 12.1 Å². The molecular weight excluding hydrogens is 304 g/mol. The highest BCUT2D eigenvalue weighted by atomic mass is 32.1. The Morgan fingerprint density at radius 1 is 1.13 bits per heavy atom. The molecule has 4 heteroatoms. The third-order valence-corrected chi connectivity index (χ3v) is 4.96. The number of aromatic nitrogens is 1. The zero-order chi connectivity index (χ0) is 16.4. The fourth-order valence-electron chi connectivity index (χ4n) is 2.53. The molecule has 0 bridgehead atoms. The van der Waals surface area contributed by atoms with Gasteiger partial charge in [-0.25, -0.2) is 0 Å². The largest absolute Gasteiger partial charge is 0.358 e. The van der Waals surface area contributed by atoms with Crippen molar-refractivity contribution in [3.05, 3.63) is 69.0 Å². The second-order valence-corrected chi connectivity index (χ2v) is 6.82. The Kier molecular flexibility index (Phi) is 4.35. The molecule has 0 aliphatic heterocycles. The zero-order valence-corrected chi connectivity index (χ0v) is 14.4. The molecule has 23 heavy (non-hydrogen) atoms. The van der Waals surface area contributed by atoms with Crippen molar-refractivity contribution in [2.75, 3.05) is 0 Å². The molecule has 3 rings (SSSR count). The summed E-state index contributed by atoms with van der Waals surface area (Å²) in [5.74, 6) is -0.0396. The first-order chi connectivity index (χ1) is 11.0. The number of hydrogen-bond donors (Lipinski definition) is 2. The van der Waals surface area contributed by atoms with Gasteiger partial charge in [-0.05, 0) is 61.0 Å². The summed E-state index contributed by atoms with van der Waals surface area (Å²) in [5, 5.41) is 4.99. The SMILES string of the molecule is Cc1ccc(-c2cc(C(=O)NCc3cccs3)c(C)[nH]2)cc1C. The highest BCUT2D eigenvalue weighted by molar-refractivity contribution is 7.09. The lowest BCUT2D eigenvalue weighted by Crippen LogP contribution is -2.22. The molecule has 0 unspecified atom stereocenters. The highest BCUT2D eigenvalue weighted by Gasteiger charge is 2.14. The minimum Gasteiger partial charge on any atom is -0.358 e. The van der Waals surface area contributed by atoms with E-state index >= 15 is 0 Å². The second kappa shape index (κ2) is 6.42. The van der Waals surface area contributed by atoms with E-state index in [-0.39, 0.29) is 5.91 Å². The van der Waals surface area contributed by atoms with Crippen molar-refractivity contribution < 1.29 is 4.79 Å². The van der Waals surface area contributed by atoms with Gasteiger partial charge in [0.15, 0.2) is 0 Å². The summed E-state index contributed by atoms with van der Waals surface area (Å²) < 4.78 is 0. The molecule has 2 N–H and O–H groups in total. The average Bonchev–Trinajstić information content (AvgIpc) is 3.17. The van der Waals surface area contributed by atoms with Gasteiger partial charge in [-0.1, -0.05) is 18.2 Å². The van der Waals surface area contributed by atoms with Crippen molar-refractivity contribution in [3.63, 3.8) is 0 Å². The molecule has 2 aromatic heterocycles. The summed E-state index contributed by atoms with van der Waals surface area (Å²) in [6.45, 7) is 6.70. The number of hydrogen-bond acceptors (Lipinski definition) is 2. The molecule has 0 aliphatic rings. The fraction of sp³-hybridized carbons (Fsp3) is 0.211. The Hall–Kier alpha value is -2.33. The van der Waals surface area contributed by atoms with Crippen molar-refractivity contribution in [1.29, 1.82) is 0 Å². The number of rotatable bonds is 4. The molecule has 3 aromatic rings. The fourth-order valence-corrected chi connectivity index (χ4v) is 3.18. The monoisotopic (exact) mass is 324 g/mol. The molecule has 0 atom stereocenters. The van der Waals surface area contributed by atoms with Gasteiger partial charge in [0.2, 0.25) is 0 Å². The van der Waals surface area contributed by atoms with E-state index in [9.17, 15) is 4.79 Å². The number of aromatic amines is 1. The molecule has 0 aliphatic carbocycles. The standard InChI is InChI=1S/C19H20N2OS/c1-12-6-7-15(9-13(12)2)18-10-17(14(3)21-18)19(22)20-11-16-5-4-8-23-16/h4-10,21H,11H2,1-3H3,(H,20,22). The van der Waals surface area contributed by atoms with Crippen molar-refractivity contribution in [1.82, 2.24) is 10.3 Å². The topological polar surface area (TPSA) is 44.9 Å². The predicted octanol–water partition coefficient (Wildman–Crippen LogP) is 4.60. The molecule has 0 fully saturated rings. The predicted molar refractivity (Wildman–Crippen MR) is 95.9 cm³/mol. The van der Waals surface area contributed by atoms with Gasteiger partial charge in [-0.2, -0.15) is 0 Å². The Morgan fingerprint density at radius 2 is 1.96 bits per heavy atom. The molecule has 0 saturated carbocycles. The molecule has 3 nitrogen and oxygen atoms in total. The number of aryl methyl sites for hydroxylation is 3. The summed E-state index contributed by atoms with van der Waals surface area (Å²) in [6, 6.07) is 12.3. The summed E-state index contributed by atoms with van der Waals surface area (Å²) in [5.41, 5.74) is 6.20. The number of benzene rings is 1. The smallest absolute Gasteiger partial charge is 0.253 e. The molecule has 1 aromatic carbocycles. The van der Waals surface area contributed by atoms with E-state index in [1.807, 2.05) is 30.5 Å². The normalized spacial score (nSPS) is 10.7. The maximum atomic E-state index is 12.4. The first-order valence-electron chi connectivity index (χ1n) is 7.62. The van der Waals surface area contributed by atoms with Gasteiger partial charge in [-0.15, -0.1) is 11.3 Å². The molecule has 1 amide bonds. The summed E-state index contributed by atoms with van der Waals surface area (Å²) in [6.07, 6.45) is 0. The van der Waals surface area contributed by atoms with Crippen LogP contribution in [0.25, 0.3) is 11.3 Å². The Labute approximate surface area is 140 Å². The number of H-pyrrole nitrogens is 1. The summed E-state index contributed by atoms with van der Waals surface area (Å²) >= 11 is 1.65. The first kappa shape index (κ1) is 15.6. The lowest BCUT2D eigenvalue weighted by molar-refractivity contribution is 0.0951. The highest BCUT2D eigenvalue weighted by Crippen LogP contribution is 2.24. The van der Waals surface area contributed by atoms with E-state index in [2.05, 4.69) is 42.3 Å². The van der Waals surface area contributed by atoms with Crippen LogP contribution >= 0.6 is 11.3 Å². The lowest BCUT2D eigenvalue weighted by Gasteiger charge is -2.03. The zero-order valence-electron chi connectivity index (χ0n) is 13.6. The Balaban J connectivity index is 1.79. The summed E-state index contributed by atoms with van der Waals surface area (Å²) in [4.78, 5) is 16.9. The molecule has 2 heterocycles. The van der Waals surface area contributed by atoms with Crippen molar-refractivity contribution in [2.24, 2.45) is 0 Å². The Morgan fingerprint density at radius 3 is 2.65 bits per heavy atom. The van der Waals surface area contributed by atoms with Gasteiger partial charge in [0, 0.05) is 16.3 Å². The van der Waals surface area contributed by atoms with Crippen LogP contribution in [0.15, 0.2) is 41.8 Å². The average molecular weight is 324 g/mol. The van der Waals surface area contributed by atoms with Gasteiger partial charge in [0.25, 0.3) is 5.91 Å². The van der Waals surface area contributed by atoms with Gasteiger partial charge >= 0.3 is 0 Å². The Bertz CT molecular complexity index is 831. The number of carbonyl (C=O) groups is 1. The van der Waals surface area contributed by atoms with Crippen LogP contribution in [0.4, 0.5) is 0 Å². The molecule has 118 valence electrons. The van der Waals surface area contributed by atoms with Crippen LogP contribution in [-0.4, -0.2) is 10.9 Å². The minimum atomic E-state index is -0.0396. The van der Waals surface area contributed by atoms with Crippen LogP contribution in [0.2, 0.25) is 0 Å². The van der Waals surface area contributed by atoms with Crippen LogP contribution in [-0.2, 0) is 6.54 Å². The van der Waals surface area contributed by atoms with Gasteiger partial charge < -0.3 is 10.3 Å².